The maximum Gasteiger partial charge on any atom is 0.519 e. The van der Waals surface area contributed by atoms with Crippen LogP contribution in [-0.4, -0.2) is 76.2 Å². The van der Waals surface area contributed by atoms with Crippen molar-refractivity contribution in [3.8, 4) is 0 Å². The predicted molar refractivity (Wildman–Crippen MR) is 118 cm³/mol. The molecule has 184 valence electrons. The van der Waals surface area contributed by atoms with E-state index in [0.29, 0.717) is 5.75 Å². The maximum absolute atomic E-state index is 11.4. The van der Waals surface area contributed by atoms with E-state index in [4.69, 9.17) is 19.3 Å². The Balaban J connectivity index is 0. The average Bonchev–Trinajstić information content (AvgIpc) is 2.47. The number of nitrogens with one attached hydrogen (secondary N) is 1. The fraction of sp³-hybridized carbons (Fsp3) is 0.850. The van der Waals surface area contributed by atoms with Crippen molar-refractivity contribution in [1.82, 2.24) is 5.32 Å². The summed E-state index contributed by atoms with van der Waals surface area (Å²) in [7, 11) is 0. The lowest BCUT2D eigenvalue weighted by atomic mass is 10.2. The van der Waals surface area contributed by atoms with E-state index in [9.17, 15) is 19.5 Å². The van der Waals surface area contributed by atoms with Crippen molar-refractivity contribution in [2.24, 2.45) is 0 Å². The molecule has 2 atom stereocenters. The summed E-state index contributed by atoms with van der Waals surface area (Å²) in [4.78, 5) is 33.4. The molecule has 3 N–H and O–H groups in total. The predicted octanol–water partition coefficient (Wildman–Crippen LogP) is 3.47. The van der Waals surface area contributed by atoms with Gasteiger partial charge in [-0.3, -0.25) is 0 Å². The van der Waals surface area contributed by atoms with E-state index < -0.39 is 47.4 Å². The Labute approximate surface area is 189 Å². The van der Waals surface area contributed by atoms with Crippen molar-refractivity contribution in [2.45, 2.75) is 91.3 Å². The minimum absolute atomic E-state index is 0.318. The van der Waals surface area contributed by atoms with Crippen molar-refractivity contribution in [1.29, 1.82) is 0 Å². The fourth-order valence-corrected chi connectivity index (χ4v) is 2.19. The van der Waals surface area contributed by atoms with Crippen molar-refractivity contribution < 1.29 is 43.5 Å². The zero-order chi connectivity index (χ0) is 25.0. The van der Waals surface area contributed by atoms with Gasteiger partial charge in [-0.25, -0.2) is 14.4 Å². The molecule has 0 aliphatic heterocycles. The molecule has 0 aromatic carbocycles. The summed E-state index contributed by atoms with van der Waals surface area (Å²) in [6.07, 6.45) is -1.70. The molecular weight excluding hydrogens is 430 g/mol. The normalized spacial score (nSPS) is 13.7. The van der Waals surface area contributed by atoms with E-state index in [1.807, 2.05) is 6.26 Å². The zero-order valence-corrected chi connectivity index (χ0v) is 21.0. The minimum Gasteiger partial charge on any atom is -0.444 e. The van der Waals surface area contributed by atoms with Crippen molar-refractivity contribution in [3.63, 3.8) is 0 Å². The van der Waals surface area contributed by atoms with Crippen LogP contribution in [0.25, 0.3) is 0 Å². The van der Waals surface area contributed by atoms with Gasteiger partial charge in [0.1, 0.15) is 16.8 Å². The molecule has 0 saturated heterocycles. The lowest BCUT2D eigenvalue weighted by Crippen LogP contribution is -2.48. The number of carbonyl (C=O) groups is 3. The second kappa shape index (κ2) is 13.6. The Hall–Kier alpha value is -1.72. The Morgan fingerprint density at radius 3 is 1.52 bits per heavy atom. The van der Waals surface area contributed by atoms with Crippen LogP contribution in [0.15, 0.2) is 0 Å². The number of rotatable bonds is 5. The second-order valence-electron chi connectivity index (χ2n) is 9.49. The molecule has 0 aliphatic rings. The van der Waals surface area contributed by atoms with Gasteiger partial charge in [-0.15, -0.1) is 0 Å². The van der Waals surface area contributed by atoms with Gasteiger partial charge in [-0.1, -0.05) is 0 Å². The molecule has 0 heterocycles. The molecule has 11 heteroatoms. The van der Waals surface area contributed by atoms with Gasteiger partial charge < -0.3 is 34.5 Å². The van der Waals surface area contributed by atoms with Crippen molar-refractivity contribution in [2.75, 3.05) is 18.6 Å². The van der Waals surface area contributed by atoms with E-state index in [1.165, 1.54) is 11.8 Å². The molecule has 0 aromatic heterocycles. The van der Waals surface area contributed by atoms with Crippen LogP contribution < -0.4 is 5.32 Å². The molecule has 0 aromatic rings. The van der Waals surface area contributed by atoms with Gasteiger partial charge >= 0.3 is 18.4 Å². The van der Waals surface area contributed by atoms with Gasteiger partial charge in [-0.05, 0) is 68.6 Å². The van der Waals surface area contributed by atoms with Crippen LogP contribution >= 0.6 is 11.8 Å². The van der Waals surface area contributed by atoms with E-state index in [0.717, 1.165) is 0 Å². The smallest absolute Gasteiger partial charge is 0.444 e. The molecule has 0 bridgehead atoms. The highest BCUT2D eigenvalue weighted by molar-refractivity contribution is 7.98. The molecule has 0 saturated carbocycles. The monoisotopic (exact) mass is 469 g/mol. The number of ether oxygens (including phenoxy) is 4. The molecular formula is C20H39NO9S. The van der Waals surface area contributed by atoms with Gasteiger partial charge in [0, 0.05) is 5.75 Å². The van der Waals surface area contributed by atoms with Crippen LogP contribution in [-0.2, 0) is 18.9 Å². The third-order valence-corrected chi connectivity index (χ3v) is 3.32. The van der Waals surface area contributed by atoms with Crippen LogP contribution in [0.5, 0.6) is 0 Å². The number of alkyl carbamates (subject to hydrolysis) is 1. The fourth-order valence-electron chi connectivity index (χ4n) is 1.62. The van der Waals surface area contributed by atoms with E-state index >= 15 is 0 Å². The van der Waals surface area contributed by atoms with Crippen molar-refractivity contribution >= 4 is 30.2 Å². The summed E-state index contributed by atoms with van der Waals surface area (Å²) in [6, 6.07) is -0.692. The van der Waals surface area contributed by atoms with Gasteiger partial charge in [0.2, 0.25) is 0 Å². The topological polar surface area (TPSA) is 141 Å². The molecule has 0 spiro atoms. The SMILES string of the molecule is CC(C)(C)OC(=O)OC(=O)OC(C)(C)C.CSC[C@@H](O)[C@@H](CO)NC(=O)OC(C)(C)C. The molecule has 31 heavy (non-hydrogen) atoms. The molecule has 0 radical (unpaired) electrons. The van der Waals surface area contributed by atoms with Gasteiger partial charge in [0.25, 0.3) is 0 Å². The number of carbonyl (C=O) groups excluding carboxylic acids is 3. The lowest BCUT2D eigenvalue weighted by molar-refractivity contribution is -0.0294. The maximum atomic E-state index is 11.4. The first-order valence-electron chi connectivity index (χ1n) is 9.71. The number of hydrogen-bond acceptors (Lipinski definition) is 10. The Morgan fingerprint density at radius 2 is 1.23 bits per heavy atom. The average molecular weight is 470 g/mol. The van der Waals surface area contributed by atoms with Crippen LogP contribution in [0.4, 0.5) is 14.4 Å². The van der Waals surface area contributed by atoms with Crippen molar-refractivity contribution in [3.05, 3.63) is 0 Å². The van der Waals surface area contributed by atoms with Gasteiger partial charge in [-0.2, -0.15) is 11.8 Å². The summed E-state index contributed by atoms with van der Waals surface area (Å²) in [6.45, 7) is 14.9. The summed E-state index contributed by atoms with van der Waals surface area (Å²) < 4.78 is 18.8. The zero-order valence-electron chi connectivity index (χ0n) is 20.2. The summed E-state index contributed by atoms with van der Waals surface area (Å²) in [5.41, 5.74) is -1.98. The van der Waals surface area contributed by atoms with E-state index in [2.05, 4.69) is 10.1 Å². The number of thioether (sulfide) groups is 1. The van der Waals surface area contributed by atoms with Crippen LogP contribution in [0.2, 0.25) is 0 Å². The van der Waals surface area contributed by atoms with Crippen LogP contribution in [0, 0.1) is 0 Å². The second-order valence-corrected chi connectivity index (χ2v) is 10.4. The third-order valence-electron chi connectivity index (χ3n) is 2.65. The molecule has 0 fully saturated rings. The molecule has 0 rings (SSSR count). The highest BCUT2D eigenvalue weighted by Gasteiger charge is 2.25. The quantitative estimate of drug-likeness (QED) is 0.311. The van der Waals surface area contributed by atoms with Gasteiger partial charge in [0.15, 0.2) is 0 Å². The highest BCUT2D eigenvalue weighted by Crippen LogP contribution is 2.12. The Kier molecular flexibility index (Phi) is 13.8. The largest absolute Gasteiger partial charge is 0.519 e. The van der Waals surface area contributed by atoms with Gasteiger partial charge in [0.05, 0.1) is 18.8 Å². The molecule has 1 amide bonds. The first-order valence-corrected chi connectivity index (χ1v) is 11.1. The molecule has 0 unspecified atom stereocenters. The summed E-state index contributed by atoms with van der Waals surface area (Å²) in [5.74, 6) is 0.445. The molecule has 0 aliphatic carbocycles. The highest BCUT2D eigenvalue weighted by atomic mass is 32.2. The molecule has 10 nitrogen and oxygen atoms in total. The standard InChI is InChI=1S/C10H21NO4S.C10H18O5/c1-10(2,3)15-9(14)11-7(5-12)8(13)6-16-4;1-9(2,3)14-7(11)13-8(12)15-10(4,5)6/h7-8,12-13H,5-6H2,1-4H3,(H,11,14);1-6H3/t7-,8-;/m1./s1. The number of aliphatic hydroxyl groups is 2. The number of amides is 1. The lowest BCUT2D eigenvalue weighted by Gasteiger charge is -2.25. The first-order chi connectivity index (χ1) is 13.8. The minimum atomic E-state index is -1.06. The Morgan fingerprint density at radius 1 is 0.839 bits per heavy atom. The summed E-state index contributed by atoms with van der Waals surface area (Å²) in [5, 5.41) is 21.1. The summed E-state index contributed by atoms with van der Waals surface area (Å²) >= 11 is 1.44. The van der Waals surface area contributed by atoms with E-state index in [1.54, 1.807) is 62.3 Å². The van der Waals surface area contributed by atoms with Crippen LogP contribution in [0.3, 0.4) is 0 Å². The third kappa shape index (κ3) is 21.3. The number of aliphatic hydroxyl groups excluding tert-OH is 2. The number of hydrogen-bond donors (Lipinski definition) is 3. The Bertz CT molecular complexity index is 536. The first kappa shape index (κ1) is 31.5. The van der Waals surface area contributed by atoms with E-state index in [-0.39, 0.29) is 6.61 Å². The van der Waals surface area contributed by atoms with Crippen LogP contribution in [0.1, 0.15) is 62.3 Å².